The van der Waals surface area contributed by atoms with Crippen molar-refractivity contribution in [2.45, 2.75) is 89.4 Å². The molecular weight excluding hydrogens is 660 g/mol. The number of rotatable bonds is 13. The fourth-order valence-corrected chi connectivity index (χ4v) is 4.90. The van der Waals surface area contributed by atoms with Crippen LogP contribution in [0.3, 0.4) is 0 Å². The molecule has 2 saturated heterocycles. The number of hydrogen-bond donors (Lipinski definition) is 3. The summed E-state index contributed by atoms with van der Waals surface area (Å²) in [5, 5.41) is 32.1. The molecule has 0 radical (unpaired) electrons. The molecule has 2 fully saturated rings. The van der Waals surface area contributed by atoms with E-state index in [2.05, 4.69) is 0 Å². The predicted octanol–water partition coefficient (Wildman–Crippen LogP) is -0.572. The lowest BCUT2D eigenvalue weighted by Gasteiger charge is -2.45. The zero-order valence-corrected chi connectivity index (χ0v) is 27.2. The van der Waals surface area contributed by atoms with Gasteiger partial charge in [-0.05, 0) is 23.8 Å². The number of carbonyl (C=O) groups excluding carboxylic acids is 6. The van der Waals surface area contributed by atoms with Crippen molar-refractivity contribution in [2.24, 2.45) is 0 Å². The van der Waals surface area contributed by atoms with Gasteiger partial charge in [0.25, 0.3) is 0 Å². The van der Waals surface area contributed by atoms with Crippen molar-refractivity contribution in [3.8, 4) is 5.75 Å². The molecule has 9 atom stereocenters. The van der Waals surface area contributed by atoms with Crippen LogP contribution in [0.1, 0.15) is 40.2 Å². The maximum absolute atomic E-state index is 12.5. The van der Waals surface area contributed by atoms with E-state index in [-0.39, 0.29) is 5.75 Å². The van der Waals surface area contributed by atoms with Crippen LogP contribution in [-0.2, 0) is 71.4 Å². The molecule has 0 saturated carbocycles. The Morgan fingerprint density at radius 2 is 1.29 bits per heavy atom. The highest BCUT2D eigenvalue weighted by Crippen LogP contribution is 2.39. The standard InChI is InChI=1S/C31H38O18/c1-15(32)41-12-22-26(44-17(3)34)28(46-19(5)36)25(39)30(47-22)49-31(14-43-16(2)33)29(40)27(45-18(4)35)23(48-31)13-42-24(38)11-8-20-6-9-21(37)10-7-20/h6-11,22-23,25-30,37,39-40H,12-14H2,1-5H3/b11-8+/t22-,23-,25-,26-,27-,28-,29+,30-,31+/m1/s1. The molecule has 0 aromatic heterocycles. The summed E-state index contributed by atoms with van der Waals surface area (Å²) in [5.74, 6) is -7.69. The molecular formula is C31H38O18. The molecule has 49 heavy (non-hydrogen) atoms. The smallest absolute Gasteiger partial charge is 0.330 e. The number of aliphatic hydroxyl groups excluding tert-OH is 2. The summed E-state index contributed by atoms with van der Waals surface area (Å²) in [6.45, 7) is 3.03. The summed E-state index contributed by atoms with van der Waals surface area (Å²) in [6, 6.07) is 5.88. The van der Waals surface area contributed by atoms with Gasteiger partial charge in [-0.2, -0.15) is 0 Å². The van der Waals surface area contributed by atoms with Crippen molar-refractivity contribution >= 4 is 41.9 Å². The molecule has 0 spiro atoms. The highest BCUT2D eigenvalue weighted by molar-refractivity contribution is 5.87. The van der Waals surface area contributed by atoms with Crippen LogP contribution < -0.4 is 0 Å². The highest BCUT2D eigenvalue weighted by Gasteiger charge is 2.62. The number of benzene rings is 1. The van der Waals surface area contributed by atoms with Gasteiger partial charge in [-0.1, -0.05) is 12.1 Å². The first-order valence-electron chi connectivity index (χ1n) is 14.8. The zero-order valence-electron chi connectivity index (χ0n) is 27.2. The van der Waals surface area contributed by atoms with E-state index in [4.69, 9.17) is 42.6 Å². The molecule has 270 valence electrons. The number of ether oxygens (including phenoxy) is 9. The molecule has 2 aliphatic rings. The van der Waals surface area contributed by atoms with Crippen molar-refractivity contribution < 1.29 is 86.7 Å². The SMILES string of the molecule is CC(=O)OC[C@H]1O[C@H](O[C@]2(COC(C)=O)O[C@H](COC(=O)/C=C/c3ccc(O)cc3)[C@@H](OC(C)=O)[C@@H]2O)[C@H](O)[C@@H](OC(C)=O)[C@@H]1OC(C)=O. The molecule has 1 aromatic rings. The first-order chi connectivity index (χ1) is 23.0. The molecule has 0 bridgehead atoms. The van der Waals surface area contributed by atoms with Gasteiger partial charge in [0.05, 0.1) is 0 Å². The normalized spacial score (nSPS) is 29.4. The summed E-state index contributed by atoms with van der Waals surface area (Å²) in [6.07, 6.45) is -11.2. The number of hydrogen-bond acceptors (Lipinski definition) is 18. The molecule has 0 aliphatic carbocycles. The predicted molar refractivity (Wildman–Crippen MR) is 157 cm³/mol. The quantitative estimate of drug-likeness (QED) is 0.133. The lowest BCUT2D eigenvalue weighted by atomic mass is 9.98. The van der Waals surface area contributed by atoms with E-state index in [9.17, 15) is 44.1 Å². The van der Waals surface area contributed by atoms with Crippen LogP contribution in [0.15, 0.2) is 30.3 Å². The van der Waals surface area contributed by atoms with Crippen molar-refractivity contribution in [3.05, 3.63) is 35.9 Å². The van der Waals surface area contributed by atoms with Crippen LogP contribution in [0.2, 0.25) is 0 Å². The average molecular weight is 699 g/mol. The van der Waals surface area contributed by atoms with Crippen LogP contribution in [0.5, 0.6) is 5.75 Å². The Morgan fingerprint density at radius 3 is 1.86 bits per heavy atom. The Morgan fingerprint density at radius 1 is 0.735 bits per heavy atom. The van der Waals surface area contributed by atoms with E-state index in [1.807, 2.05) is 0 Å². The van der Waals surface area contributed by atoms with Gasteiger partial charge >= 0.3 is 35.8 Å². The first kappa shape index (κ1) is 38.8. The molecule has 2 heterocycles. The first-order valence-corrected chi connectivity index (χ1v) is 14.8. The maximum Gasteiger partial charge on any atom is 0.330 e. The molecule has 18 heteroatoms. The van der Waals surface area contributed by atoms with E-state index in [1.165, 1.54) is 30.3 Å². The number of esters is 6. The highest BCUT2D eigenvalue weighted by atomic mass is 16.8. The van der Waals surface area contributed by atoms with Crippen LogP contribution in [0.25, 0.3) is 6.08 Å². The fraction of sp³-hybridized carbons (Fsp3) is 0.548. The van der Waals surface area contributed by atoms with Crippen molar-refractivity contribution in [1.82, 2.24) is 0 Å². The van der Waals surface area contributed by atoms with Crippen LogP contribution in [0, 0.1) is 0 Å². The van der Waals surface area contributed by atoms with E-state index >= 15 is 0 Å². The lowest BCUT2D eigenvalue weighted by Crippen LogP contribution is -2.64. The molecule has 1 aromatic carbocycles. The van der Waals surface area contributed by atoms with Gasteiger partial charge in [-0.15, -0.1) is 0 Å². The lowest BCUT2D eigenvalue weighted by molar-refractivity contribution is -0.384. The topological polar surface area (TPSA) is 246 Å². The van der Waals surface area contributed by atoms with Gasteiger partial charge in [-0.25, -0.2) is 4.79 Å². The Kier molecular flexibility index (Phi) is 13.6. The zero-order chi connectivity index (χ0) is 36.5. The van der Waals surface area contributed by atoms with E-state index < -0.39 is 110 Å². The Labute approximate surface area is 279 Å². The van der Waals surface area contributed by atoms with Gasteiger partial charge in [-0.3, -0.25) is 24.0 Å². The van der Waals surface area contributed by atoms with Crippen molar-refractivity contribution in [2.75, 3.05) is 19.8 Å². The van der Waals surface area contributed by atoms with Gasteiger partial charge in [0.1, 0.15) is 43.9 Å². The minimum absolute atomic E-state index is 0.0183. The fourth-order valence-electron chi connectivity index (χ4n) is 4.90. The van der Waals surface area contributed by atoms with Crippen LogP contribution in [-0.4, -0.2) is 126 Å². The minimum Gasteiger partial charge on any atom is -0.508 e. The summed E-state index contributed by atoms with van der Waals surface area (Å²) >= 11 is 0. The van der Waals surface area contributed by atoms with Crippen molar-refractivity contribution in [3.63, 3.8) is 0 Å². The number of aromatic hydroxyl groups is 1. The molecule has 3 rings (SSSR count). The molecule has 0 unspecified atom stereocenters. The number of phenols is 1. The number of phenolic OH excluding ortho intramolecular Hbond substituents is 1. The van der Waals surface area contributed by atoms with Gasteiger partial charge in [0.15, 0.2) is 30.7 Å². The second-order valence-electron chi connectivity index (χ2n) is 10.9. The summed E-state index contributed by atoms with van der Waals surface area (Å²) < 4.78 is 48.7. The van der Waals surface area contributed by atoms with Gasteiger partial charge < -0.3 is 58.0 Å². The molecule has 0 amide bonds. The largest absolute Gasteiger partial charge is 0.508 e. The van der Waals surface area contributed by atoms with Crippen molar-refractivity contribution in [1.29, 1.82) is 0 Å². The van der Waals surface area contributed by atoms with E-state index in [0.29, 0.717) is 5.56 Å². The third-order valence-electron chi connectivity index (χ3n) is 6.94. The monoisotopic (exact) mass is 698 g/mol. The number of aliphatic hydroxyl groups is 2. The van der Waals surface area contributed by atoms with E-state index in [0.717, 1.165) is 40.7 Å². The van der Waals surface area contributed by atoms with Gasteiger partial charge in [0.2, 0.25) is 5.79 Å². The Balaban J connectivity index is 1.93. The third-order valence-corrected chi connectivity index (χ3v) is 6.94. The van der Waals surface area contributed by atoms with E-state index in [1.54, 1.807) is 0 Å². The van der Waals surface area contributed by atoms with Gasteiger partial charge in [0, 0.05) is 40.7 Å². The third kappa shape index (κ3) is 10.9. The summed E-state index contributed by atoms with van der Waals surface area (Å²) in [5.41, 5.74) is 0.551. The summed E-state index contributed by atoms with van der Waals surface area (Å²) in [4.78, 5) is 71.9. The molecule has 3 N–H and O–H groups in total. The molecule has 2 aliphatic heterocycles. The maximum atomic E-state index is 12.5. The average Bonchev–Trinajstić information content (AvgIpc) is 3.26. The van der Waals surface area contributed by atoms with Crippen LogP contribution in [0.4, 0.5) is 0 Å². The summed E-state index contributed by atoms with van der Waals surface area (Å²) in [7, 11) is 0. The minimum atomic E-state index is -2.50. The van der Waals surface area contributed by atoms with Crippen LogP contribution >= 0.6 is 0 Å². The number of carbonyl (C=O) groups is 6. The molecule has 18 nitrogen and oxygen atoms in total. The Hall–Kier alpha value is -4.62. The second kappa shape index (κ2) is 17.2. The second-order valence-corrected chi connectivity index (χ2v) is 10.9. The Bertz CT molecular complexity index is 1390.